The number of hydrogen-bond donors (Lipinski definition) is 0. The average molecular weight is 323 g/mol. The Balaban J connectivity index is 1.79. The van der Waals surface area contributed by atoms with Gasteiger partial charge < -0.3 is 14.4 Å². The topological polar surface area (TPSA) is 21.7 Å². The summed E-state index contributed by atoms with van der Waals surface area (Å²) in [6.45, 7) is 0. The summed E-state index contributed by atoms with van der Waals surface area (Å²) < 4.78 is 11.1. The molecule has 23 heavy (non-hydrogen) atoms. The first-order chi connectivity index (χ1) is 11.2. The Bertz CT molecular complexity index is 847. The summed E-state index contributed by atoms with van der Waals surface area (Å²) in [6, 6.07) is 21.8. The van der Waals surface area contributed by atoms with E-state index < -0.39 is 0 Å². The van der Waals surface area contributed by atoms with Crippen molar-refractivity contribution in [1.29, 1.82) is 0 Å². The molecule has 3 nitrogen and oxygen atoms in total. The third-order valence-corrected chi connectivity index (χ3v) is 4.00. The van der Waals surface area contributed by atoms with Gasteiger partial charge in [0.15, 0.2) is 0 Å². The van der Waals surface area contributed by atoms with E-state index in [1.165, 1.54) is 5.39 Å². The van der Waals surface area contributed by atoms with Gasteiger partial charge in [-0.3, -0.25) is 0 Å². The fourth-order valence-electron chi connectivity index (χ4n) is 2.32. The van der Waals surface area contributed by atoms with Crippen molar-refractivity contribution in [2.24, 2.45) is 0 Å². The predicted molar refractivity (Wildman–Crippen MR) is 98.6 cm³/mol. The Morgan fingerprint density at radius 1 is 0.870 bits per heavy atom. The molecule has 0 N–H and O–H groups in total. The van der Waals surface area contributed by atoms with Gasteiger partial charge in [0.1, 0.15) is 11.5 Å². The molecule has 3 rings (SSSR count). The maximum absolute atomic E-state index is 5.83. The van der Waals surface area contributed by atoms with Gasteiger partial charge in [-0.1, -0.05) is 36.4 Å². The molecule has 0 aromatic heterocycles. The van der Waals surface area contributed by atoms with E-state index in [4.69, 9.17) is 21.7 Å². The maximum Gasteiger partial charge on any atom is 0.269 e. The molecule has 0 amide bonds. The van der Waals surface area contributed by atoms with E-state index in [9.17, 15) is 0 Å². The summed E-state index contributed by atoms with van der Waals surface area (Å²) in [5.74, 6) is 1.51. The molecular weight excluding hydrogens is 306 g/mol. The molecule has 0 spiro atoms. The smallest absolute Gasteiger partial charge is 0.269 e. The molecule has 0 fully saturated rings. The molecular formula is C19H17NO2S. The molecule has 0 radical (unpaired) electrons. The average Bonchev–Trinajstić information content (AvgIpc) is 2.61. The van der Waals surface area contributed by atoms with Crippen molar-refractivity contribution in [3.63, 3.8) is 0 Å². The van der Waals surface area contributed by atoms with Gasteiger partial charge in [-0.05, 0) is 47.3 Å². The quantitative estimate of drug-likeness (QED) is 0.654. The minimum absolute atomic E-state index is 0.383. The summed E-state index contributed by atoms with van der Waals surface area (Å²) in [7, 11) is 3.52. The van der Waals surface area contributed by atoms with Crippen molar-refractivity contribution in [2.45, 2.75) is 0 Å². The second-order valence-electron chi connectivity index (χ2n) is 5.14. The number of anilines is 1. The molecule has 0 atom stereocenters. The first kappa shape index (κ1) is 15.3. The zero-order valence-electron chi connectivity index (χ0n) is 13.0. The summed E-state index contributed by atoms with van der Waals surface area (Å²) in [6.07, 6.45) is 0. The molecule has 3 aromatic rings. The fraction of sp³-hybridized carbons (Fsp3) is 0.105. The number of nitrogens with zero attached hydrogens (tertiary/aromatic N) is 1. The lowest BCUT2D eigenvalue weighted by molar-refractivity contribution is 0.415. The van der Waals surface area contributed by atoms with Crippen LogP contribution in [0.5, 0.6) is 11.5 Å². The Hall–Kier alpha value is -2.59. The summed E-state index contributed by atoms with van der Waals surface area (Å²) >= 11 is 5.41. The van der Waals surface area contributed by atoms with Crippen molar-refractivity contribution in [1.82, 2.24) is 0 Å². The predicted octanol–water partition coefficient (Wildman–Crippen LogP) is 4.65. The van der Waals surface area contributed by atoms with E-state index in [0.29, 0.717) is 5.17 Å². The van der Waals surface area contributed by atoms with Crippen LogP contribution in [0.2, 0.25) is 0 Å². The van der Waals surface area contributed by atoms with Gasteiger partial charge in [-0.15, -0.1) is 0 Å². The number of rotatable bonds is 3. The van der Waals surface area contributed by atoms with Crippen LogP contribution in [-0.4, -0.2) is 19.3 Å². The van der Waals surface area contributed by atoms with Crippen molar-refractivity contribution in [3.05, 3.63) is 66.7 Å². The maximum atomic E-state index is 5.83. The van der Waals surface area contributed by atoms with Gasteiger partial charge in [0.2, 0.25) is 0 Å². The number of methoxy groups -OCH3 is 1. The summed E-state index contributed by atoms with van der Waals surface area (Å²) in [4.78, 5) is 1.81. The van der Waals surface area contributed by atoms with Crippen LogP contribution in [-0.2, 0) is 0 Å². The lowest BCUT2D eigenvalue weighted by Crippen LogP contribution is -2.29. The van der Waals surface area contributed by atoms with Crippen LogP contribution >= 0.6 is 12.2 Å². The fourth-order valence-corrected chi connectivity index (χ4v) is 2.53. The zero-order valence-corrected chi connectivity index (χ0v) is 13.8. The van der Waals surface area contributed by atoms with Crippen LogP contribution in [0.3, 0.4) is 0 Å². The minimum Gasteiger partial charge on any atom is -0.497 e. The highest BCUT2D eigenvalue weighted by molar-refractivity contribution is 7.80. The van der Waals surface area contributed by atoms with Crippen molar-refractivity contribution < 1.29 is 9.47 Å². The molecule has 0 heterocycles. The van der Waals surface area contributed by atoms with Crippen molar-refractivity contribution >= 4 is 33.9 Å². The zero-order chi connectivity index (χ0) is 16.2. The Labute approximate surface area is 141 Å². The van der Waals surface area contributed by atoms with Crippen molar-refractivity contribution in [2.75, 3.05) is 19.1 Å². The number of hydrogen-bond acceptors (Lipinski definition) is 3. The molecule has 0 aliphatic carbocycles. The first-order valence-electron chi connectivity index (χ1n) is 7.26. The van der Waals surface area contributed by atoms with Gasteiger partial charge in [-0.25, -0.2) is 0 Å². The normalized spacial score (nSPS) is 10.3. The number of benzene rings is 3. The lowest BCUT2D eigenvalue weighted by Gasteiger charge is -2.20. The van der Waals surface area contributed by atoms with E-state index in [1.807, 2.05) is 66.5 Å². The van der Waals surface area contributed by atoms with E-state index in [1.54, 1.807) is 7.11 Å². The molecule has 4 heteroatoms. The number of fused-ring (bicyclic) bond motifs is 1. The van der Waals surface area contributed by atoms with Gasteiger partial charge in [0.05, 0.1) is 7.11 Å². The van der Waals surface area contributed by atoms with Crippen LogP contribution in [0, 0.1) is 0 Å². The number of thiocarbonyl (C=S) groups is 1. The highest BCUT2D eigenvalue weighted by Crippen LogP contribution is 2.23. The highest BCUT2D eigenvalue weighted by atomic mass is 32.1. The van der Waals surface area contributed by atoms with Crippen LogP contribution in [0.4, 0.5) is 5.69 Å². The lowest BCUT2D eigenvalue weighted by atomic mass is 10.1. The molecule has 0 unspecified atom stereocenters. The van der Waals surface area contributed by atoms with Gasteiger partial charge in [0, 0.05) is 18.8 Å². The third-order valence-electron chi connectivity index (χ3n) is 3.64. The van der Waals surface area contributed by atoms with E-state index in [-0.39, 0.29) is 0 Å². The largest absolute Gasteiger partial charge is 0.497 e. The summed E-state index contributed by atoms with van der Waals surface area (Å²) in [5.41, 5.74) is 0.912. The molecule has 0 aliphatic heterocycles. The SMILES string of the molecule is COc1cccc(N(C)C(=S)Oc2ccc3ccccc3c2)c1. The molecule has 116 valence electrons. The van der Waals surface area contributed by atoms with Crippen LogP contribution in [0.1, 0.15) is 0 Å². The minimum atomic E-state index is 0.383. The van der Waals surface area contributed by atoms with Crippen LogP contribution in [0.25, 0.3) is 10.8 Å². The summed E-state index contributed by atoms with van der Waals surface area (Å²) in [5, 5.41) is 2.68. The van der Waals surface area contributed by atoms with Crippen molar-refractivity contribution in [3.8, 4) is 11.5 Å². The van der Waals surface area contributed by atoms with Gasteiger partial charge >= 0.3 is 0 Å². The molecule has 0 aliphatic rings. The van der Waals surface area contributed by atoms with E-state index in [2.05, 4.69) is 12.1 Å². The first-order valence-corrected chi connectivity index (χ1v) is 7.66. The Kier molecular flexibility index (Phi) is 4.44. The van der Waals surface area contributed by atoms with E-state index >= 15 is 0 Å². The highest BCUT2D eigenvalue weighted by Gasteiger charge is 2.10. The molecule has 3 aromatic carbocycles. The standard InChI is InChI=1S/C19H17NO2S/c1-20(16-8-5-9-17(13-16)21-2)19(23)22-18-11-10-14-6-3-4-7-15(14)12-18/h3-13H,1-2H3. The molecule has 0 saturated carbocycles. The van der Waals surface area contributed by atoms with Crippen LogP contribution in [0.15, 0.2) is 66.7 Å². The molecule has 0 bridgehead atoms. The Morgan fingerprint density at radius 2 is 1.65 bits per heavy atom. The monoisotopic (exact) mass is 323 g/mol. The number of ether oxygens (including phenoxy) is 2. The second-order valence-corrected chi connectivity index (χ2v) is 5.49. The molecule has 0 saturated heterocycles. The van der Waals surface area contributed by atoms with Gasteiger partial charge in [0.25, 0.3) is 5.17 Å². The Morgan fingerprint density at radius 3 is 2.43 bits per heavy atom. The van der Waals surface area contributed by atoms with E-state index in [0.717, 1.165) is 22.6 Å². The third kappa shape index (κ3) is 3.43. The van der Waals surface area contributed by atoms with Crippen LogP contribution < -0.4 is 14.4 Å². The van der Waals surface area contributed by atoms with Gasteiger partial charge in [-0.2, -0.15) is 0 Å². The second kappa shape index (κ2) is 6.67.